The molecule has 2 fully saturated rings. The Balaban J connectivity index is 1.15. The summed E-state index contributed by atoms with van der Waals surface area (Å²) in [5.41, 5.74) is 5.64. The van der Waals surface area contributed by atoms with E-state index in [9.17, 15) is 0 Å². The van der Waals surface area contributed by atoms with Crippen LogP contribution in [0, 0.1) is 0 Å². The molecule has 0 bridgehead atoms. The minimum absolute atomic E-state index is 0.202. The highest BCUT2D eigenvalue weighted by Crippen LogP contribution is 2.38. The van der Waals surface area contributed by atoms with E-state index in [1.165, 1.54) is 0 Å². The molecule has 9 atom stereocenters. The molecule has 65 heavy (non-hydrogen) atoms. The third-order valence-electron chi connectivity index (χ3n) is 11.4. The van der Waals surface area contributed by atoms with Crippen molar-refractivity contribution in [3.8, 4) is 0 Å². The first-order chi connectivity index (χ1) is 32.1. The predicted molar refractivity (Wildman–Crippen MR) is 252 cm³/mol. The van der Waals surface area contributed by atoms with Crippen LogP contribution in [0.15, 0.2) is 194 Å². The maximum absolute atomic E-state index is 7.33. The summed E-state index contributed by atoms with van der Waals surface area (Å²) in [6, 6.07) is 60.4. The maximum atomic E-state index is 7.33. The monoisotopic (exact) mass is 894 g/mol. The lowest BCUT2D eigenvalue weighted by atomic mass is 9.97. The predicted octanol–water partition coefficient (Wildman–Crippen LogP) is 10.5. The summed E-state index contributed by atoms with van der Waals surface area (Å²) in [7, 11) is 0. The zero-order valence-electron chi connectivity index (χ0n) is 36.8. The summed E-state index contributed by atoms with van der Waals surface area (Å²) < 4.78 is 61.9. The van der Waals surface area contributed by atoms with Gasteiger partial charge in [0.1, 0.15) is 53.9 Å². The highest BCUT2D eigenvalue weighted by atomic mass is 32.2. The van der Waals surface area contributed by atoms with Gasteiger partial charge in [0.2, 0.25) is 6.29 Å². The molecule has 0 N–H and O–H groups in total. The quantitative estimate of drug-likeness (QED) is 0.0657. The van der Waals surface area contributed by atoms with Gasteiger partial charge in [-0.15, -0.1) is 11.8 Å². The van der Waals surface area contributed by atoms with Crippen molar-refractivity contribution in [3.05, 3.63) is 228 Å². The molecule has 8 rings (SSSR count). The smallest absolute Gasteiger partial charge is 0.229 e. The number of ether oxygens (including phenoxy) is 9. The van der Waals surface area contributed by atoms with Crippen LogP contribution < -0.4 is 0 Å². The van der Waals surface area contributed by atoms with Crippen LogP contribution in [-0.2, 0) is 82.3 Å². The van der Waals surface area contributed by atoms with Crippen molar-refractivity contribution in [2.75, 3.05) is 12.9 Å². The second kappa shape index (κ2) is 24.4. The maximum Gasteiger partial charge on any atom is 0.229 e. The molecule has 2 aliphatic heterocycles. The molecule has 6 aromatic rings. The highest BCUT2D eigenvalue weighted by Gasteiger charge is 2.53. The first-order valence-corrected chi connectivity index (χ1v) is 23.5. The Labute approximate surface area is 387 Å². The molecule has 0 radical (unpaired) electrons. The third kappa shape index (κ3) is 13.3. The number of benzene rings is 6. The fourth-order valence-corrected chi connectivity index (χ4v) is 8.78. The van der Waals surface area contributed by atoms with Crippen molar-refractivity contribution in [1.82, 2.24) is 0 Å². The van der Waals surface area contributed by atoms with Crippen molar-refractivity contribution >= 4 is 11.8 Å². The Hall–Kier alpha value is -5.11. The lowest BCUT2D eigenvalue weighted by molar-refractivity contribution is -0.327. The minimum atomic E-state index is -1.04. The van der Waals surface area contributed by atoms with E-state index in [2.05, 4.69) is 6.58 Å². The van der Waals surface area contributed by atoms with Gasteiger partial charge in [0.05, 0.1) is 46.2 Å². The van der Waals surface area contributed by atoms with Crippen molar-refractivity contribution in [3.63, 3.8) is 0 Å². The van der Waals surface area contributed by atoms with E-state index in [-0.39, 0.29) is 19.8 Å². The van der Waals surface area contributed by atoms with E-state index >= 15 is 0 Å². The van der Waals surface area contributed by atoms with Crippen molar-refractivity contribution in [2.24, 2.45) is 0 Å². The van der Waals surface area contributed by atoms with Gasteiger partial charge in [-0.1, -0.05) is 189 Å². The first kappa shape index (κ1) is 46.4. The Morgan fingerprint density at radius 1 is 0.431 bits per heavy atom. The SMILES string of the molecule is C=C1O[C@H](O[C@H]2[C@H](OCc3ccccc3)[C@@H](OCc3ccccc3)[C@H](SC)O[C@@H]2COCc2ccccc2)[C@H](OCc2ccccc2)[C@@H](OCc2ccccc2)[C@@H]1OCc1ccccc1. The van der Waals surface area contributed by atoms with Gasteiger partial charge < -0.3 is 42.6 Å². The normalized spacial score (nSPS) is 24.3. The minimum Gasteiger partial charge on any atom is -0.464 e. The molecule has 0 aromatic heterocycles. The van der Waals surface area contributed by atoms with Crippen molar-refractivity contribution in [1.29, 1.82) is 0 Å². The third-order valence-corrected chi connectivity index (χ3v) is 12.2. The molecule has 2 saturated heterocycles. The molecule has 338 valence electrons. The zero-order chi connectivity index (χ0) is 44.5. The second-order valence-electron chi connectivity index (χ2n) is 16.1. The number of hydrogen-bond acceptors (Lipinski definition) is 10. The molecular formula is C55H58O9S. The first-order valence-electron chi connectivity index (χ1n) is 22.2. The van der Waals surface area contributed by atoms with Gasteiger partial charge in [0.15, 0.2) is 0 Å². The highest BCUT2D eigenvalue weighted by molar-refractivity contribution is 7.99. The standard InChI is InChI=1S/C55H58O9S/c1-40-48(57-34-42-23-11-4-12-24-42)50(58-35-43-25-13-5-14-26-43)52(60-37-45-29-17-7-18-30-45)54(62-40)64-49-47(39-56-33-41-21-9-3-10-22-41)63-55(65-2)53(61-38-46-31-19-8-20-32-46)51(49)59-36-44-27-15-6-16-28-44/h3-32,47-55H,1,33-39H2,2H3/t47-,48-,49-,50+,51+,52-,53-,54-,55+/m1/s1. The van der Waals surface area contributed by atoms with Crippen molar-refractivity contribution in [2.45, 2.75) is 94.1 Å². The molecule has 0 spiro atoms. The zero-order valence-corrected chi connectivity index (χ0v) is 37.6. The Morgan fingerprint density at radius 3 is 1.23 bits per heavy atom. The van der Waals surface area contributed by atoms with E-state index in [4.69, 9.17) is 42.6 Å². The van der Waals surface area contributed by atoms with E-state index in [0.29, 0.717) is 32.2 Å². The van der Waals surface area contributed by atoms with Gasteiger partial charge in [-0.25, -0.2) is 0 Å². The fourth-order valence-electron chi connectivity index (χ4n) is 8.02. The molecular weight excluding hydrogens is 837 g/mol. The van der Waals surface area contributed by atoms with Crippen LogP contribution in [0.25, 0.3) is 0 Å². The molecule has 0 amide bonds. The van der Waals surface area contributed by atoms with Crippen LogP contribution in [0.1, 0.15) is 33.4 Å². The van der Waals surface area contributed by atoms with Crippen LogP contribution in [0.3, 0.4) is 0 Å². The summed E-state index contributed by atoms with van der Waals surface area (Å²) >= 11 is 1.57. The van der Waals surface area contributed by atoms with Crippen LogP contribution in [0.4, 0.5) is 0 Å². The molecule has 9 nitrogen and oxygen atoms in total. The van der Waals surface area contributed by atoms with E-state index in [0.717, 1.165) is 33.4 Å². The molecule has 10 heteroatoms. The Bertz CT molecular complexity index is 2260. The van der Waals surface area contributed by atoms with Crippen LogP contribution in [0.5, 0.6) is 0 Å². The molecule has 2 aliphatic rings. The largest absolute Gasteiger partial charge is 0.464 e. The molecule has 6 aromatic carbocycles. The lowest BCUT2D eigenvalue weighted by Crippen LogP contribution is -2.63. The average Bonchev–Trinajstić information content (AvgIpc) is 3.36. The summed E-state index contributed by atoms with van der Waals surface area (Å²) in [6.07, 6.45) is -3.87. The van der Waals surface area contributed by atoms with Crippen LogP contribution >= 0.6 is 11.8 Å². The second-order valence-corrected chi connectivity index (χ2v) is 17.0. The van der Waals surface area contributed by atoms with Crippen LogP contribution in [0.2, 0.25) is 0 Å². The Morgan fingerprint density at radius 2 is 0.800 bits per heavy atom. The van der Waals surface area contributed by atoms with Gasteiger partial charge in [-0.2, -0.15) is 0 Å². The number of thioether (sulfide) groups is 1. The van der Waals surface area contributed by atoms with Gasteiger partial charge in [0.25, 0.3) is 0 Å². The topological polar surface area (TPSA) is 83.1 Å². The molecule has 0 aliphatic carbocycles. The van der Waals surface area contributed by atoms with Gasteiger partial charge in [-0.05, 0) is 39.6 Å². The lowest BCUT2D eigenvalue weighted by Gasteiger charge is -2.49. The van der Waals surface area contributed by atoms with Gasteiger partial charge >= 0.3 is 0 Å². The van der Waals surface area contributed by atoms with Crippen molar-refractivity contribution < 1.29 is 42.6 Å². The van der Waals surface area contributed by atoms with E-state index in [1.54, 1.807) is 11.8 Å². The average molecular weight is 895 g/mol. The molecule has 0 unspecified atom stereocenters. The Kier molecular flexibility index (Phi) is 17.4. The van der Waals surface area contributed by atoms with Crippen LogP contribution in [-0.4, -0.2) is 67.3 Å². The summed E-state index contributed by atoms with van der Waals surface area (Å²) in [5.74, 6) is 0.359. The van der Waals surface area contributed by atoms with E-state index in [1.807, 2.05) is 188 Å². The molecule has 0 saturated carbocycles. The summed E-state index contributed by atoms with van der Waals surface area (Å²) in [4.78, 5) is 0. The fraction of sp³-hybridized carbons (Fsp3) is 0.309. The van der Waals surface area contributed by atoms with Gasteiger partial charge in [-0.3, -0.25) is 0 Å². The summed E-state index contributed by atoms with van der Waals surface area (Å²) in [6.45, 7) is 6.52. The summed E-state index contributed by atoms with van der Waals surface area (Å²) in [5, 5.41) is 0. The van der Waals surface area contributed by atoms with Gasteiger partial charge in [0, 0.05) is 0 Å². The number of rotatable bonds is 22. The molecule has 2 heterocycles. The van der Waals surface area contributed by atoms with E-state index < -0.39 is 54.5 Å². The number of hydrogen-bond donors (Lipinski definition) is 0.